The number of anilines is 1. The molecule has 7 heteroatoms. The molecule has 0 spiro atoms. The number of hydrogen-bond acceptors (Lipinski definition) is 5. The highest BCUT2D eigenvalue weighted by molar-refractivity contribution is 5.96. The maximum Gasteiger partial charge on any atom is 0.271 e. The molecule has 0 aliphatic carbocycles. The third-order valence-electron chi connectivity index (χ3n) is 2.23. The van der Waals surface area contributed by atoms with Crippen molar-refractivity contribution in [1.29, 1.82) is 0 Å². The molecule has 7 nitrogen and oxygen atoms in total. The number of non-ortho nitro benzene ring substituents is 1. The number of aromatic hydroxyl groups is 1. The fraction of sp³-hybridized carbons (Fsp3) is 0.300. The second-order valence-electron chi connectivity index (χ2n) is 3.46. The van der Waals surface area contributed by atoms with Gasteiger partial charge < -0.3 is 16.2 Å². The summed E-state index contributed by atoms with van der Waals surface area (Å²) in [6.45, 7) is 1.73. The maximum absolute atomic E-state index is 11.5. The number of nitrogens with two attached hydrogens (primary N) is 1. The van der Waals surface area contributed by atoms with Gasteiger partial charge in [-0.15, -0.1) is 0 Å². The highest BCUT2D eigenvalue weighted by Gasteiger charge is 2.15. The van der Waals surface area contributed by atoms with Crippen LogP contribution in [0.1, 0.15) is 13.3 Å². The lowest BCUT2D eigenvalue weighted by atomic mass is 10.2. The Kier molecular flexibility index (Phi) is 4.00. The van der Waals surface area contributed by atoms with Crippen LogP contribution in [-0.2, 0) is 4.79 Å². The minimum absolute atomic E-state index is 0.0203. The predicted octanol–water partition coefficient (Wildman–Crippen LogP) is 0.976. The normalized spacial score (nSPS) is 11.9. The van der Waals surface area contributed by atoms with Crippen LogP contribution in [0.5, 0.6) is 5.75 Å². The molecule has 0 saturated carbocycles. The summed E-state index contributed by atoms with van der Waals surface area (Å²) in [7, 11) is 0. The molecule has 17 heavy (non-hydrogen) atoms. The third kappa shape index (κ3) is 3.15. The molecule has 0 bridgehead atoms. The van der Waals surface area contributed by atoms with Crippen LogP contribution in [0.2, 0.25) is 0 Å². The third-order valence-corrected chi connectivity index (χ3v) is 2.23. The number of nitrogens with zero attached hydrogens (tertiary/aromatic N) is 1. The number of rotatable bonds is 4. The second kappa shape index (κ2) is 5.26. The lowest BCUT2D eigenvalue weighted by Gasteiger charge is -2.10. The van der Waals surface area contributed by atoms with Gasteiger partial charge in [-0.25, -0.2) is 0 Å². The van der Waals surface area contributed by atoms with E-state index in [0.717, 1.165) is 18.2 Å². The molecule has 0 saturated heterocycles. The van der Waals surface area contributed by atoms with E-state index in [9.17, 15) is 20.0 Å². The summed E-state index contributed by atoms with van der Waals surface area (Å²) in [6, 6.07) is 2.65. The Labute approximate surface area is 97.4 Å². The Morgan fingerprint density at radius 1 is 1.65 bits per heavy atom. The number of nitrogens with one attached hydrogen (secondary N) is 1. The van der Waals surface area contributed by atoms with Crippen LogP contribution in [0.25, 0.3) is 0 Å². The van der Waals surface area contributed by atoms with E-state index >= 15 is 0 Å². The Balaban J connectivity index is 2.94. The van der Waals surface area contributed by atoms with Gasteiger partial charge in [0.25, 0.3) is 5.69 Å². The van der Waals surface area contributed by atoms with E-state index < -0.39 is 16.9 Å². The van der Waals surface area contributed by atoms with Crippen LogP contribution < -0.4 is 11.1 Å². The Hall–Kier alpha value is -2.15. The SMILES string of the molecule is CCC(N)C(=O)Nc1cc([N+](=O)[O-])ccc1O. The van der Waals surface area contributed by atoms with Crippen molar-refractivity contribution < 1.29 is 14.8 Å². The molecule has 0 heterocycles. The first kappa shape index (κ1) is 12.9. The minimum Gasteiger partial charge on any atom is -0.506 e. The zero-order valence-electron chi connectivity index (χ0n) is 9.21. The van der Waals surface area contributed by atoms with Crippen molar-refractivity contribution in [1.82, 2.24) is 0 Å². The van der Waals surface area contributed by atoms with E-state index in [-0.39, 0.29) is 17.1 Å². The number of nitro benzene ring substituents is 1. The topological polar surface area (TPSA) is 118 Å². The van der Waals surface area contributed by atoms with Crippen molar-refractivity contribution in [3.63, 3.8) is 0 Å². The number of hydrogen-bond donors (Lipinski definition) is 3. The monoisotopic (exact) mass is 239 g/mol. The maximum atomic E-state index is 11.5. The molecule has 1 rings (SSSR count). The molecular weight excluding hydrogens is 226 g/mol. The summed E-state index contributed by atoms with van der Waals surface area (Å²) in [6.07, 6.45) is 0.432. The van der Waals surface area contributed by atoms with E-state index in [1.807, 2.05) is 0 Å². The van der Waals surface area contributed by atoms with Gasteiger partial charge in [0.2, 0.25) is 5.91 Å². The van der Waals surface area contributed by atoms with Gasteiger partial charge in [-0.1, -0.05) is 6.92 Å². The van der Waals surface area contributed by atoms with Crippen molar-refractivity contribution in [2.45, 2.75) is 19.4 Å². The number of phenolic OH excluding ortho intramolecular Hbond substituents is 1. The highest BCUT2D eigenvalue weighted by Crippen LogP contribution is 2.27. The first-order chi connectivity index (χ1) is 7.95. The highest BCUT2D eigenvalue weighted by atomic mass is 16.6. The summed E-state index contributed by atoms with van der Waals surface area (Å²) in [5, 5.41) is 22.3. The van der Waals surface area contributed by atoms with Crippen LogP contribution in [0.3, 0.4) is 0 Å². The average molecular weight is 239 g/mol. The molecule has 0 aromatic heterocycles. The molecule has 1 unspecified atom stereocenters. The second-order valence-corrected chi connectivity index (χ2v) is 3.46. The van der Waals surface area contributed by atoms with Crippen molar-refractivity contribution in [2.75, 3.05) is 5.32 Å². The molecule has 0 aliphatic rings. The molecule has 1 aromatic carbocycles. The van der Waals surface area contributed by atoms with E-state index in [2.05, 4.69) is 5.32 Å². The molecule has 0 radical (unpaired) electrons. The number of benzene rings is 1. The molecule has 1 aromatic rings. The standard InChI is InChI=1S/C10H13N3O4/c1-2-7(11)10(15)12-8-5-6(13(16)17)3-4-9(8)14/h3-5,7,14H,2,11H2,1H3,(H,12,15). The Bertz CT molecular complexity index is 447. The molecule has 1 atom stereocenters. The lowest BCUT2D eigenvalue weighted by Crippen LogP contribution is -2.34. The summed E-state index contributed by atoms with van der Waals surface area (Å²) < 4.78 is 0. The van der Waals surface area contributed by atoms with Crippen LogP contribution in [-0.4, -0.2) is 22.0 Å². The van der Waals surface area contributed by atoms with Gasteiger partial charge in [0.05, 0.1) is 16.7 Å². The molecule has 0 aliphatic heterocycles. The first-order valence-electron chi connectivity index (χ1n) is 4.99. The summed E-state index contributed by atoms with van der Waals surface area (Å²) in [5.41, 5.74) is 5.25. The van der Waals surface area contributed by atoms with Gasteiger partial charge in [0.15, 0.2) is 0 Å². The van der Waals surface area contributed by atoms with Crippen molar-refractivity contribution in [3.05, 3.63) is 28.3 Å². The van der Waals surface area contributed by atoms with E-state index in [1.54, 1.807) is 6.92 Å². The molecule has 1 amide bonds. The zero-order chi connectivity index (χ0) is 13.0. The van der Waals surface area contributed by atoms with Crippen molar-refractivity contribution in [3.8, 4) is 5.75 Å². The summed E-state index contributed by atoms with van der Waals surface area (Å²) in [5.74, 6) is -0.740. The molecular formula is C10H13N3O4. The van der Waals surface area contributed by atoms with E-state index in [1.165, 1.54) is 0 Å². The molecule has 92 valence electrons. The molecule has 4 N–H and O–H groups in total. The van der Waals surface area contributed by atoms with Crippen LogP contribution in [0.4, 0.5) is 11.4 Å². The smallest absolute Gasteiger partial charge is 0.271 e. The van der Waals surface area contributed by atoms with E-state index in [4.69, 9.17) is 5.73 Å². The number of phenols is 1. The van der Waals surface area contributed by atoms with Gasteiger partial charge in [0, 0.05) is 12.1 Å². The van der Waals surface area contributed by atoms with Gasteiger partial charge in [-0.2, -0.15) is 0 Å². The van der Waals surface area contributed by atoms with Crippen LogP contribution >= 0.6 is 0 Å². The Morgan fingerprint density at radius 3 is 2.82 bits per heavy atom. The number of carbonyl (C=O) groups excluding carboxylic acids is 1. The van der Waals surface area contributed by atoms with Crippen molar-refractivity contribution >= 4 is 17.3 Å². The van der Waals surface area contributed by atoms with Crippen LogP contribution in [0, 0.1) is 10.1 Å². The number of nitro groups is 1. The first-order valence-corrected chi connectivity index (χ1v) is 4.99. The van der Waals surface area contributed by atoms with E-state index in [0.29, 0.717) is 6.42 Å². The minimum atomic E-state index is -0.714. The fourth-order valence-corrected chi connectivity index (χ4v) is 1.15. The van der Waals surface area contributed by atoms with Crippen LogP contribution in [0.15, 0.2) is 18.2 Å². The number of amides is 1. The number of carbonyl (C=O) groups is 1. The lowest BCUT2D eigenvalue weighted by molar-refractivity contribution is -0.384. The van der Waals surface area contributed by atoms with Gasteiger partial charge in [-0.3, -0.25) is 14.9 Å². The summed E-state index contributed by atoms with van der Waals surface area (Å²) >= 11 is 0. The van der Waals surface area contributed by atoms with Crippen molar-refractivity contribution in [2.24, 2.45) is 5.73 Å². The quantitative estimate of drug-likeness (QED) is 0.411. The predicted molar refractivity (Wildman–Crippen MR) is 61.7 cm³/mol. The largest absolute Gasteiger partial charge is 0.506 e. The summed E-state index contributed by atoms with van der Waals surface area (Å²) in [4.78, 5) is 21.4. The molecule has 0 fully saturated rings. The van der Waals surface area contributed by atoms with Gasteiger partial charge in [-0.05, 0) is 12.5 Å². The fourth-order valence-electron chi connectivity index (χ4n) is 1.15. The van der Waals surface area contributed by atoms with Gasteiger partial charge >= 0.3 is 0 Å². The Morgan fingerprint density at radius 2 is 2.29 bits per heavy atom. The average Bonchev–Trinajstić information content (AvgIpc) is 2.30. The zero-order valence-corrected chi connectivity index (χ0v) is 9.21. The van der Waals surface area contributed by atoms with Gasteiger partial charge in [0.1, 0.15) is 5.75 Å².